The Morgan fingerprint density at radius 3 is 2.32 bits per heavy atom. The summed E-state index contributed by atoms with van der Waals surface area (Å²) in [5, 5.41) is 9.98. The van der Waals surface area contributed by atoms with Crippen LogP contribution in [0.4, 0.5) is 14.6 Å². The highest BCUT2D eigenvalue weighted by molar-refractivity contribution is 7.66. The van der Waals surface area contributed by atoms with E-state index >= 15 is 0 Å². The number of phosphoric ester groups is 1. The number of hydrogen-bond donors (Lipinski definition) is 6. The third kappa shape index (κ3) is 6.22. The number of aliphatic hydroxyl groups is 1. The summed E-state index contributed by atoms with van der Waals surface area (Å²) in [6.45, 7) is -0.604. The summed E-state index contributed by atoms with van der Waals surface area (Å²) < 4.78 is 79.2. The van der Waals surface area contributed by atoms with Crippen molar-refractivity contribution < 1.29 is 65.0 Å². The Morgan fingerprint density at radius 2 is 1.81 bits per heavy atom. The van der Waals surface area contributed by atoms with E-state index in [1.165, 1.54) is 0 Å². The van der Waals surface area contributed by atoms with Gasteiger partial charge >= 0.3 is 35.1 Å². The number of aliphatic hydroxyl groups excluding tert-OH is 1. The number of hydrogen-bond acceptors (Lipinski definition) is 11. The minimum atomic E-state index is -5.85. The standard InChI is InChI=1S/C10H16F2N3O13P3/c1-9(4-25-30(21,22)28-31(23,24)27-29(18,19)20)6(16)10(11,12)7(26-9)15-3-2-5(13)14-8(15)17/h2-3,6-7,16H,4H2,1H3,(H,21,22)(H,23,24)(H2,13,14,17)(H2,18,19,20)/t6-,7-,9-/m1/s1. The van der Waals surface area contributed by atoms with E-state index in [-0.39, 0.29) is 10.4 Å². The summed E-state index contributed by atoms with van der Waals surface area (Å²) in [6, 6.07) is 0.981. The molecule has 0 spiro atoms. The van der Waals surface area contributed by atoms with E-state index in [9.17, 15) is 37.3 Å². The number of nitrogens with two attached hydrogens (primary N) is 1. The number of ether oxygens (including phenoxy) is 1. The highest BCUT2D eigenvalue weighted by Gasteiger charge is 2.65. The third-order valence-corrected chi connectivity index (χ3v) is 7.47. The van der Waals surface area contributed by atoms with Crippen molar-refractivity contribution in [1.29, 1.82) is 0 Å². The molecule has 0 amide bonds. The molecule has 21 heteroatoms. The quantitative estimate of drug-likeness (QED) is 0.237. The lowest BCUT2D eigenvalue weighted by molar-refractivity contribution is -0.143. The Hall–Kier alpha value is -1.13. The van der Waals surface area contributed by atoms with E-state index in [2.05, 4.69) is 18.1 Å². The van der Waals surface area contributed by atoms with Gasteiger partial charge in [0.05, 0.1) is 6.61 Å². The smallest absolute Gasteiger partial charge is 0.384 e. The molecule has 1 aliphatic heterocycles. The SMILES string of the molecule is C[C@]1(COP(=O)(O)OP(=O)(O)OP(=O)(O)O)O[C@@H](n2ccc(N)nc2=O)C(F)(F)[C@@H]1O. The molecule has 0 bridgehead atoms. The van der Waals surface area contributed by atoms with Crippen LogP contribution in [0, 0.1) is 0 Å². The second-order valence-corrected chi connectivity index (χ2v) is 10.7. The summed E-state index contributed by atoms with van der Waals surface area (Å²) in [6.07, 6.45) is -4.41. The first-order chi connectivity index (χ1) is 13.8. The lowest BCUT2D eigenvalue weighted by atomic mass is 9.98. The van der Waals surface area contributed by atoms with Gasteiger partial charge in [-0.3, -0.25) is 9.09 Å². The second-order valence-electron chi connectivity index (χ2n) is 6.27. The summed E-state index contributed by atoms with van der Waals surface area (Å²) in [5.41, 5.74) is 1.49. The molecule has 178 valence electrons. The lowest BCUT2D eigenvalue weighted by Gasteiger charge is -2.27. The van der Waals surface area contributed by atoms with Gasteiger partial charge in [-0.1, -0.05) is 0 Å². The van der Waals surface area contributed by atoms with Crippen LogP contribution in [0.2, 0.25) is 0 Å². The van der Waals surface area contributed by atoms with Crippen LogP contribution < -0.4 is 11.4 Å². The number of phosphoric acid groups is 3. The van der Waals surface area contributed by atoms with E-state index < -0.39 is 59.6 Å². The topological polar surface area (TPSA) is 250 Å². The van der Waals surface area contributed by atoms with Gasteiger partial charge in [0.1, 0.15) is 11.4 Å². The van der Waals surface area contributed by atoms with Gasteiger partial charge in [0.2, 0.25) is 6.23 Å². The number of halogens is 2. The molecule has 0 aromatic carbocycles. The van der Waals surface area contributed by atoms with Gasteiger partial charge < -0.3 is 35.2 Å². The van der Waals surface area contributed by atoms with Crippen molar-refractivity contribution in [2.75, 3.05) is 12.3 Å². The van der Waals surface area contributed by atoms with Crippen molar-refractivity contribution in [3.8, 4) is 0 Å². The molecule has 1 aromatic heterocycles. The van der Waals surface area contributed by atoms with Crippen LogP contribution >= 0.6 is 23.5 Å². The number of nitrogens with zero attached hydrogens (tertiary/aromatic N) is 2. The van der Waals surface area contributed by atoms with Gasteiger partial charge in [-0.2, -0.15) is 22.4 Å². The van der Waals surface area contributed by atoms with Gasteiger partial charge in [-0.25, -0.2) is 18.5 Å². The molecular weight excluding hydrogens is 501 g/mol. The van der Waals surface area contributed by atoms with Crippen molar-refractivity contribution in [3.63, 3.8) is 0 Å². The molecule has 1 aliphatic rings. The van der Waals surface area contributed by atoms with Crippen LogP contribution in [-0.2, 0) is 31.6 Å². The normalized spacial score (nSPS) is 29.9. The molecule has 7 N–H and O–H groups in total. The predicted molar refractivity (Wildman–Crippen MR) is 92.2 cm³/mol. The molecule has 1 saturated heterocycles. The zero-order valence-corrected chi connectivity index (χ0v) is 17.8. The van der Waals surface area contributed by atoms with Gasteiger partial charge in [0, 0.05) is 6.20 Å². The van der Waals surface area contributed by atoms with E-state index in [0.717, 1.165) is 19.2 Å². The van der Waals surface area contributed by atoms with Crippen LogP contribution in [0.1, 0.15) is 13.2 Å². The van der Waals surface area contributed by atoms with Crippen molar-refractivity contribution in [2.24, 2.45) is 0 Å². The molecule has 1 aromatic rings. The van der Waals surface area contributed by atoms with Crippen molar-refractivity contribution >= 4 is 29.3 Å². The average molecular weight is 517 g/mol. The van der Waals surface area contributed by atoms with E-state index in [1.54, 1.807) is 0 Å². The number of rotatable bonds is 8. The Morgan fingerprint density at radius 1 is 1.23 bits per heavy atom. The maximum atomic E-state index is 14.5. The fourth-order valence-electron chi connectivity index (χ4n) is 2.41. The first kappa shape index (κ1) is 26.1. The monoisotopic (exact) mass is 517 g/mol. The molecule has 0 radical (unpaired) electrons. The summed E-state index contributed by atoms with van der Waals surface area (Å²) in [7, 11) is -17.2. The molecule has 2 rings (SSSR count). The number of alkyl halides is 2. The Balaban J connectivity index is 2.21. The third-order valence-electron chi connectivity index (χ3n) is 3.69. The van der Waals surface area contributed by atoms with E-state index in [4.69, 9.17) is 25.2 Å². The summed E-state index contributed by atoms with van der Waals surface area (Å²) in [5.74, 6) is -4.46. The highest BCUT2D eigenvalue weighted by atomic mass is 31.3. The maximum Gasteiger partial charge on any atom is 0.490 e. The fraction of sp³-hybridized carbons (Fsp3) is 0.600. The molecule has 1 fully saturated rings. The zero-order valence-electron chi connectivity index (χ0n) is 15.1. The van der Waals surface area contributed by atoms with Gasteiger partial charge in [-0.05, 0) is 13.0 Å². The minimum absolute atomic E-state index is 0.287. The first-order valence-electron chi connectivity index (χ1n) is 7.65. The Labute approximate surface area is 170 Å². The van der Waals surface area contributed by atoms with Crippen LogP contribution in [0.15, 0.2) is 17.1 Å². The predicted octanol–water partition coefficient (Wildman–Crippen LogP) is -0.548. The van der Waals surface area contributed by atoms with Crippen molar-refractivity contribution in [2.45, 2.75) is 30.8 Å². The van der Waals surface area contributed by atoms with Crippen molar-refractivity contribution in [1.82, 2.24) is 9.55 Å². The Kier molecular flexibility index (Phi) is 7.02. The molecule has 31 heavy (non-hydrogen) atoms. The fourth-order valence-corrected chi connectivity index (χ4v) is 5.53. The zero-order chi connectivity index (χ0) is 24.0. The maximum absolute atomic E-state index is 14.5. The van der Waals surface area contributed by atoms with Crippen LogP contribution in [0.25, 0.3) is 0 Å². The average Bonchev–Trinajstić information content (AvgIpc) is 2.71. The van der Waals surface area contributed by atoms with Crippen LogP contribution in [0.3, 0.4) is 0 Å². The lowest BCUT2D eigenvalue weighted by Crippen LogP contribution is -2.47. The number of nitrogen functional groups attached to an aromatic ring is 1. The molecule has 16 nitrogen and oxygen atoms in total. The molecule has 2 unspecified atom stereocenters. The second kappa shape index (κ2) is 8.33. The molecular formula is C10H16F2N3O13P3. The Bertz CT molecular complexity index is 1050. The van der Waals surface area contributed by atoms with Gasteiger partial charge in [-0.15, -0.1) is 0 Å². The largest absolute Gasteiger partial charge is 0.490 e. The number of anilines is 1. The minimum Gasteiger partial charge on any atom is -0.384 e. The first-order valence-corrected chi connectivity index (χ1v) is 12.2. The molecule has 5 atom stereocenters. The summed E-state index contributed by atoms with van der Waals surface area (Å²) in [4.78, 5) is 50.5. The molecule has 0 saturated carbocycles. The molecule has 2 heterocycles. The van der Waals surface area contributed by atoms with Crippen LogP contribution in [-0.4, -0.2) is 58.5 Å². The molecule has 0 aliphatic carbocycles. The van der Waals surface area contributed by atoms with Crippen molar-refractivity contribution in [3.05, 3.63) is 22.7 Å². The highest BCUT2D eigenvalue weighted by Crippen LogP contribution is 2.66. The van der Waals surface area contributed by atoms with E-state index in [1.807, 2.05) is 0 Å². The van der Waals surface area contributed by atoms with E-state index in [0.29, 0.717) is 0 Å². The summed E-state index contributed by atoms with van der Waals surface area (Å²) >= 11 is 0. The van der Waals surface area contributed by atoms with Crippen LogP contribution in [0.5, 0.6) is 0 Å². The number of aromatic nitrogens is 2. The van der Waals surface area contributed by atoms with Gasteiger partial charge in [0.15, 0.2) is 6.10 Å². The van der Waals surface area contributed by atoms with Gasteiger partial charge in [0.25, 0.3) is 0 Å².